The fourth-order valence-electron chi connectivity index (χ4n) is 2.78. The Bertz CT molecular complexity index is 379. The maximum absolute atomic E-state index is 4.44. The Morgan fingerprint density at radius 1 is 1.41 bits per heavy atom. The summed E-state index contributed by atoms with van der Waals surface area (Å²) in [7, 11) is 1.99. The van der Waals surface area contributed by atoms with Gasteiger partial charge in [0.15, 0.2) is 0 Å². The van der Waals surface area contributed by atoms with Crippen LogP contribution in [0.4, 0.5) is 5.69 Å². The first-order valence-corrected chi connectivity index (χ1v) is 6.60. The van der Waals surface area contributed by atoms with Gasteiger partial charge in [-0.2, -0.15) is 5.10 Å². The standard InChI is InChI=1S/C13H24N4/c1-5-13(6-2)10-17(8-7-14-13)12-9-16(4)15-11(12)3/h9,14H,5-8,10H2,1-4H3. The number of rotatable bonds is 3. The highest BCUT2D eigenvalue weighted by molar-refractivity contribution is 5.49. The van der Waals surface area contributed by atoms with Gasteiger partial charge in [0.05, 0.1) is 11.4 Å². The van der Waals surface area contributed by atoms with Gasteiger partial charge in [-0.3, -0.25) is 4.68 Å². The summed E-state index contributed by atoms with van der Waals surface area (Å²) in [5.41, 5.74) is 2.70. The van der Waals surface area contributed by atoms with E-state index in [1.807, 2.05) is 11.7 Å². The highest BCUT2D eigenvalue weighted by Gasteiger charge is 2.32. The predicted molar refractivity (Wildman–Crippen MR) is 71.5 cm³/mol. The number of anilines is 1. The molecule has 0 saturated carbocycles. The molecule has 17 heavy (non-hydrogen) atoms. The van der Waals surface area contributed by atoms with Gasteiger partial charge in [0, 0.05) is 38.4 Å². The molecule has 0 unspecified atom stereocenters. The smallest absolute Gasteiger partial charge is 0.0827 e. The molecule has 0 aliphatic carbocycles. The molecule has 1 N–H and O–H groups in total. The normalized spacial score (nSPS) is 19.6. The van der Waals surface area contributed by atoms with Crippen molar-refractivity contribution in [3.05, 3.63) is 11.9 Å². The molecule has 1 saturated heterocycles. The third kappa shape index (κ3) is 2.32. The van der Waals surface area contributed by atoms with Crippen LogP contribution in [-0.2, 0) is 7.05 Å². The van der Waals surface area contributed by atoms with E-state index < -0.39 is 0 Å². The lowest BCUT2D eigenvalue weighted by Gasteiger charge is -2.43. The number of aryl methyl sites for hydroxylation is 2. The van der Waals surface area contributed by atoms with Crippen LogP contribution in [0.1, 0.15) is 32.4 Å². The Morgan fingerprint density at radius 3 is 2.65 bits per heavy atom. The van der Waals surface area contributed by atoms with Crippen LogP contribution in [0.3, 0.4) is 0 Å². The van der Waals surface area contributed by atoms with E-state index in [1.54, 1.807) is 0 Å². The molecule has 1 aromatic heterocycles. The van der Waals surface area contributed by atoms with Gasteiger partial charge in [-0.15, -0.1) is 0 Å². The molecule has 1 aromatic rings. The van der Waals surface area contributed by atoms with Crippen LogP contribution in [0, 0.1) is 6.92 Å². The summed E-state index contributed by atoms with van der Waals surface area (Å²) < 4.78 is 1.91. The fraction of sp³-hybridized carbons (Fsp3) is 0.769. The second kappa shape index (κ2) is 4.69. The van der Waals surface area contributed by atoms with Crippen molar-refractivity contribution in [3.63, 3.8) is 0 Å². The topological polar surface area (TPSA) is 33.1 Å². The maximum Gasteiger partial charge on any atom is 0.0827 e. The van der Waals surface area contributed by atoms with Crippen molar-refractivity contribution in [3.8, 4) is 0 Å². The van der Waals surface area contributed by atoms with E-state index in [4.69, 9.17) is 0 Å². The molecule has 0 spiro atoms. The van der Waals surface area contributed by atoms with Gasteiger partial charge in [0.2, 0.25) is 0 Å². The van der Waals surface area contributed by atoms with E-state index in [9.17, 15) is 0 Å². The molecule has 1 aliphatic rings. The number of aromatic nitrogens is 2. The van der Waals surface area contributed by atoms with E-state index in [-0.39, 0.29) is 5.54 Å². The Hall–Kier alpha value is -1.03. The van der Waals surface area contributed by atoms with Crippen LogP contribution in [0.2, 0.25) is 0 Å². The summed E-state index contributed by atoms with van der Waals surface area (Å²) in [6, 6.07) is 0. The van der Waals surface area contributed by atoms with Gasteiger partial charge in [0.25, 0.3) is 0 Å². The minimum Gasteiger partial charge on any atom is -0.366 e. The highest BCUT2D eigenvalue weighted by atomic mass is 15.3. The molecular formula is C13H24N4. The third-order valence-corrected chi connectivity index (χ3v) is 4.06. The zero-order chi connectivity index (χ0) is 12.5. The Kier molecular flexibility index (Phi) is 3.43. The molecule has 0 aromatic carbocycles. The van der Waals surface area contributed by atoms with Crippen molar-refractivity contribution in [1.82, 2.24) is 15.1 Å². The highest BCUT2D eigenvalue weighted by Crippen LogP contribution is 2.26. The molecule has 1 aliphatic heterocycles. The third-order valence-electron chi connectivity index (χ3n) is 4.06. The van der Waals surface area contributed by atoms with Crippen molar-refractivity contribution in [2.24, 2.45) is 7.05 Å². The number of hydrogen-bond acceptors (Lipinski definition) is 3. The molecule has 0 atom stereocenters. The van der Waals surface area contributed by atoms with Crippen molar-refractivity contribution in [1.29, 1.82) is 0 Å². The number of piperazine rings is 1. The lowest BCUT2D eigenvalue weighted by Crippen LogP contribution is -2.60. The average molecular weight is 236 g/mol. The number of nitrogens with zero attached hydrogens (tertiary/aromatic N) is 3. The van der Waals surface area contributed by atoms with Crippen molar-refractivity contribution >= 4 is 5.69 Å². The molecule has 1 fully saturated rings. The zero-order valence-corrected chi connectivity index (χ0v) is 11.5. The van der Waals surface area contributed by atoms with Crippen molar-refractivity contribution < 1.29 is 0 Å². The number of hydrogen-bond donors (Lipinski definition) is 1. The summed E-state index contributed by atoms with van der Waals surface area (Å²) in [4.78, 5) is 2.48. The van der Waals surface area contributed by atoms with E-state index in [1.165, 1.54) is 18.5 Å². The first-order valence-electron chi connectivity index (χ1n) is 6.60. The second-order valence-corrected chi connectivity index (χ2v) is 5.11. The van der Waals surface area contributed by atoms with Gasteiger partial charge >= 0.3 is 0 Å². The van der Waals surface area contributed by atoms with Crippen LogP contribution >= 0.6 is 0 Å². The van der Waals surface area contributed by atoms with Gasteiger partial charge in [-0.05, 0) is 19.8 Å². The van der Waals surface area contributed by atoms with E-state index >= 15 is 0 Å². The molecule has 0 amide bonds. The van der Waals surface area contributed by atoms with Crippen LogP contribution in [-0.4, -0.2) is 35.0 Å². The summed E-state index contributed by atoms with van der Waals surface area (Å²) in [5.74, 6) is 0. The second-order valence-electron chi connectivity index (χ2n) is 5.11. The Labute approximate surface area is 104 Å². The summed E-state index contributed by atoms with van der Waals surface area (Å²) >= 11 is 0. The molecule has 4 heteroatoms. The van der Waals surface area contributed by atoms with E-state index in [0.717, 1.165) is 25.3 Å². The molecule has 4 nitrogen and oxygen atoms in total. The zero-order valence-electron chi connectivity index (χ0n) is 11.5. The Balaban J connectivity index is 2.20. The lowest BCUT2D eigenvalue weighted by molar-refractivity contribution is 0.277. The van der Waals surface area contributed by atoms with Crippen LogP contribution in [0.25, 0.3) is 0 Å². The molecule has 2 rings (SSSR count). The largest absolute Gasteiger partial charge is 0.366 e. The lowest BCUT2D eigenvalue weighted by atomic mass is 9.90. The molecule has 2 heterocycles. The first kappa shape index (κ1) is 12.4. The number of nitrogens with one attached hydrogen (secondary N) is 1. The average Bonchev–Trinajstić information content (AvgIpc) is 2.68. The van der Waals surface area contributed by atoms with E-state index in [0.29, 0.717) is 0 Å². The molecule has 0 bridgehead atoms. The predicted octanol–water partition coefficient (Wildman–Crippen LogP) is 1.70. The fourth-order valence-corrected chi connectivity index (χ4v) is 2.78. The molecule has 0 radical (unpaired) electrons. The first-order chi connectivity index (χ1) is 8.10. The molecule has 96 valence electrons. The van der Waals surface area contributed by atoms with Gasteiger partial charge in [-0.1, -0.05) is 13.8 Å². The van der Waals surface area contributed by atoms with Crippen LogP contribution in [0.5, 0.6) is 0 Å². The monoisotopic (exact) mass is 236 g/mol. The van der Waals surface area contributed by atoms with Crippen molar-refractivity contribution in [2.45, 2.75) is 39.2 Å². The van der Waals surface area contributed by atoms with E-state index in [2.05, 4.69) is 42.3 Å². The Morgan fingerprint density at radius 2 is 2.12 bits per heavy atom. The minimum atomic E-state index is 0.278. The maximum atomic E-state index is 4.44. The minimum absolute atomic E-state index is 0.278. The van der Waals surface area contributed by atoms with Gasteiger partial charge in [0.1, 0.15) is 0 Å². The quantitative estimate of drug-likeness (QED) is 0.867. The molecular weight excluding hydrogens is 212 g/mol. The SMILES string of the molecule is CCC1(CC)CN(c2cn(C)nc2C)CCN1. The van der Waals surface area contributed by atoms with Crippen molar-refractivity contribution in [2.75, 3.05) is 24.5 Å². The summed E-state index contributed by atoms with van der Waals surface area (Å²) in [6.07, 6.45) is 4.50. The summed E-state index contributed by atoms with van der Waals surface area (Å²) in [5, 5.41) is 8.13. The van der Waals surface area contributed by atoms with Crippen LogP contribution < -0.4 is 10.2 Å². The van der Waals surface area contributed by atoms with Gasteiger partial charge < -0.3 is 10.2 Å². The van der Waals surface area contributed by atoms with Gasteiger partial charge in [-0.25, -0.2) is 0 Å². The van der Waals surface area contributed by atoms with Crippen LogP contribution in [0.15, 0.2) is 6.20 Å². The summed E-state index contributed by atoms with van der Waals surface area (Å²) in [6.45, 7) is 9.87.